The molecule has 29 heavy (non-hydrogen) atoms. The van der Waals surface area contributed by atoms with Crippen LogP contribution < -0.4 is 4.90 Å². The number of carbonyl (C=O) groups is 1. The summed E-state index contributed by atoms with van der Waals surface area (Å²) in [5.41, 5.74) is 3.48. The normalized spacial score (nSPS) is 11.3. The van der Waals surface area contributed by atoms with Crippen molar-refractivity contribution >= 4 is 44.4 Å². The largest absolute Gasteiger partial charge is 0.309 e. The van der Waals surface area contributed by atoms with E-state index in [-0.39, 0.29) is 5.91 Å². The van der Waals surface area contributed by atoms with Gasteiger partial charge in [-0.05, 0) is 76.3 Å². The molecule has 0 saturated carbocycles. The minimum absolute atomic E-state index is 0.152. The van der Waals surface area contributed by atoms with Crippen molar-refractivity contribution in [3.8, 4) is 0 Å². The second kappa shape index (κ2) is 10.2. The highest BCUT2D eigenvalue weighted by molar-refractivity contribution is 7.99. The SMILES string of the molecule is Cc1cc2nc(N(CCCN(C)C)C(=O)CCSc3ccccc3)sc2cc1C. The number of hydrogen-bond donors (Lipinski definition) is 0. The monoisotopic (exact) mass is 427 g/mol. The van der Waals surface area contributed by atoms with Gasteiger partial charge in [0, 0.05) is 23.6 Å². The van der Waals surface area contributed by atoms with Gasteiger partial charge in [-0.25, -0.2) is 4.98 Å². The molecule has 3 aromatic rings. The molecule has 0 radical (unpaired) electrons. The Balaban J connectivity index is 1.73. The highest BCUT2D eigenvalue weighted by Gasteiger charge is 2.20. The van der Waals surface area contributed by atoms with Crippen molar-refractivity contribution < 1.29 is 4.79 Å². The maximum atomic E-state index is 13.1. The molecule has 0 aliphatic carbocycles. The molecule has 0 N–H and O–H groups in total. The van der Waals surface area contributed by atoms with Gasteiger partial charge in [-0.3, -0.25) is 9.69 Å². The lowest BCUT2D eigenvalue weighted by Gasteiger charge is -2.21. The smallest absolute Gasteiger partial charge is 0.229 e. The maximum Gasteiger partial charge on any atom is 0.229 e. The molecule has 0 spiro atoms. The second-order valence-corrected chi connectivity index (χ2v) is 9.69. The van der Waals surface area contributed by atoms with E-state index in [1.54, 1.807) is 23.1 Å². The number of aryl methyl sites for hydroxylation is 2. The zero-order valence-electron chi connectivity index (χ0n) is 17.6. The summed E-state index contributed by atoms with van der Waals surface area (Å²) >= 11 is 3.35. The van der Waals surface area contributed by atoms with E-state index in [1.807, 2.05) is 23.1 Å². The summed E-state index contributed by atoms with van der Waals surface area (Å²) in [5.74, 6) is 0.926. The van der Waals surface area contributed by atoms with Crippen molar-refractivity contribution in [1.82, 2.24) is 9.88 Å². The van der Waals surface area contributed by atoms with E-state index >= 15 is 0 Å². The summed E-state index contributed by atoms with van der Waals surface area (Å²) in [6.07, 6.45) is 1.44. The van der Waals surface area contributed by atoms with E-state index in [1.165, 1.54) is 16.0 Å². The first-order valence-corrected chi connectivity index (χ1v) is 11.7. The summed E-state index contributed by atoms with van der Waals surface area (Å²) < 4.78 is 1.15. The number of aromatic nitrogens is 1. The summed E-state index contributed by atoms with van der Waals surface area (Å²) in [4.78, 5) is 23.1. The third-order valence-corrected chi connectivity index (χ3v) is 6.89. The average molecular weight is 428 g/mol. The lowest BCUT2D eigenvalue weighted by atomic mass is 10.1. The van der Waals surface area contributed by atoms with Crippen molar-refractivity contribution in [2.24, 2.45) is 0 Å². The number of fused-ring (bicyclic) bond motifs is 1. The number of rotatable bonds is 9. The molecule has 0 saturated heterocycles. The Labute approximate surface area is 181 Å². The van der Waals surface area contributed by atoms with Crippen molar-refractivity contribution in [3.05, 3.63) is 53.6 Å². The molecule has 2 aromatic carbocycles. The average Bonchev–Trinajstić information content (AvgIpc) is 3.08. The van der Waals surface area contributed by atoms with Gasteiger partial charge in [0.15, 0.2) is 5.13 Å². The number of thiazole rings is 1. The molecule has 0 unspecified atom stereocenters. The van der Waals surface area contributed by atoms with Crippen molar-refractivity contribution in [2.75, 3.05) is 37.8 Å². The van der Waals surface area contributed by atoms with Gasteiger partial charge in [-0.1, -0.05) is 29.5 Å². The topological polar surface area (TPSA) is 36.4 Å². The van der Waals surface area contributed by atoms with Gasteiger partial charge >= 0.3 is 0 Å². The molecule has 0 aliphatic heterocycles. The molecule has 154 valence electrons. The van der Waals surface area contributed by atoms with E-state index in [0.717, 1.165) is 34.1 Å². The van der Waals surface area contributed by atoms with Crippen LogP contribution in [0.15, 0.2) is 47.4 Å². The Kier molecular flexibility index (Phi) is 7.70. The Morgan fingerprint density at radius 3 is 2.52 bits per heavy atom. The summed E-state index contributed by atoms with van der Waals surface area (Å²) in [5, 5.41) is 0.818. The molecule has 0 atom stereocenters. The second-order valence-electron chi connectivity index (χ2n) is 7.51. The quantitative estimate of drug-likeness (QED) is 0.430. The Hall–Kier alpha value is -1.89. The number of hydrogen-bond acceptors (Lipinski definition) is 5. The number of thioether (sulfide) groups is 1. The molecule has 1 heterocycles. The highest BCUT2D eigenvalue weighted by atomic mass is 32.2. The van der Waals surface area contributed by atoms with Gasteiger partial charge in [0.25, 0.3) is 0 Å². The molecule has 4 nitrogen and oxygen atoms in total. The van der Waals surface area contributed by atoms with Crippen LogP contribution in [0.5, 0.6) is 0 Å². The number of carbonyl (C=O) groups excluding carboxylic acids is 1. The van der Waals surface area contributed by atoms with E-state index in [4.69, 9.17) is 4.98 Å². The fraction of sp³-hybridized carbons (Fsp3) is 0.391. The van der Waals surface area contributed by atoms with Crippen LogP contribution in [0, 0.1) is 13.8 Å². The van der Waals surface area contributed by atoms with Gasteiger partial charge in [0.1, 0.15) is 0 Å². The number of benzene rings is 2. The van der Waals surface area contributed by atoms with Gasteiger partial charge in [0.2, 0.25) is 5.91 Å². The summed E-state index contributed by atoms with van der Waals surface area (Å²) in [6.45, 7) is 5.88. The van der Waals surface area contributed by atoms with Crippen LogP contribution in [-0.2, 0) is 4.79 Å². The summed E-state index contributed by atoms with van der Waals surface area (Å²) in [7, 11) is 4.12. The first-order valence-electron chi connectivity index (χ1n) is 9.95. The van der Waals surface area contributed by atoms with Crippen LogP contribution in [0.1, 0.15) is 24.0 Å². The van der Waals surface area contributed by atoms with Gasteiger partial charge < -0.3 is 4.90 Å². The van der Waals surface area contributed by atoms with Crippen molar-refractivity contribution in [3.63, 3.8) is 0 Å². The number of nitrogens with zero attached hydrogens (tertiary/aromatic N) is 3. The molecule has 1 aromatic heterocycles. The summed E-state index contributed by atoms with van der Waals surface area (Å²) in [6, 6.07) is 14.5. The standard InChI is InChI=1S/C23H29N3OS2/c1-17-15-20-21(16-18(17)2)29-23(24-20)26(13-8-12-25(3)4)22(27)11-14-28-19-9-6-5-7-10-19/h5-7,9-10,15-16H,8,11-14H2,1-4H3. The van der Waals surface area contributed by atoms with Crippen LogP contribution in [-0.4, -0.2) is 48.7 Å². The predicted molar refractivity (Wildman–Crippen MR) is 126 cm³/mol. The molecule has 0 fully saturated rings. The fourth-order valence-electron chi connectivity index (χ4n) is 3.06. The minimum atomic E-state index is 0.152. The number of anilines is 1. The van der Waals surface area contributed by atoms with Crippen LogP contribution in [0.2, 0.25) is 0 Å². The molecule has 1 amide bonds. The Morgan fingerprint density at radius 1 is 1.07 bits per heavy atom. The first kappa shape index (κ1) is 21.8. The lowest BCUT2D eigenvalue weighted by Crippen LogP contribution is -2.33. The van der Waals surface area contributed by atoms with Crippen LogP contribution in [0.4, 0.5) is 5.13 Å². The highest BCUT2D eigenvalue weighted by Crippen LogP contribution is 2.31. The third kappa shape index (κ3) is 6.04. The molecule has 6 heteroatoms. The van der Waals surface area contributed by atoms with Crippen LogP contribution in [0.25, 0.3) is 10.2 Å². The van der Waals surface area contributed by atoms with Gasteiger partial charge in [0.05, 0.1) is 10.2 Å². The minimum Gasteiger partial charge on any atom is -0.309 e. The van der Waals surface area contributed by atoms with E-state index in [2.05, 4.69) is 57.1 Å². The molecular weight excluding hydrogens is 398 g/mol. The Morgan fingerprint density at radius 2 is 1.79 bits per heavy atom. The predicted octanol–water partition coefficient (Wildman–Crippen LogP) is 5.38. The lowest BCUT2D eigenvalue weighted by molar-refractivity contribution is -0.118. The third-order valence-electron chi connectivity index (χ3n) is 4.84. The fourth-order valence-corrected chi connectivity index (χ4v) is 5.01. The maximum absolute atomic E-state index is 13.1. The molecule has 0 bridgehead atoms. The van der Waals surface area contributed by atoms with E-state index in [9.17, 15) is 4.79 Å². The Bertz CT molecular complexity index is 914. The van der Waals surface area contributed by atoms with Gasteiger partial charge in [-0.2, -0.15) is 0 Å². The molecule has 3 rings (SSSR count). The van der Waals surface area contributed by atoms with Crippen LogP contribution in [0.3, 0.4) is 0 Å². The van der Waals surface area contributed by atoms with E-state index in [0.29, 0.717) is 13.0 Å². The molecular formula is C23H29N3OS2. The van der Waals surface area contributed by atoms with E-state index < -0.39 is 0 Å². The number of amides is 1. The van der Waals surface area contributed by atoms with Crippen LogP contribution >= 0.6 is 23.1 Å². The zero-order valence-corrected chi connectivity index (χ0v) is 19.3. The van der Waals surface area contributed by atoms with Crippen molar-refractivity contribution in [1.29, 1.82) is 0 Å². The first-order chi connectivity index (χ1) is 13.9. The van der Waals surface area contributed by atoms with Crippen molar-refractivity contribution in [2.45, 2.75) is 31.6 Å². The van der Waals surface area contributed by atoms with Gasteiger partial charge in [-0.15, -0.1) is 11.8 Å². The molecule has 0 aliphatic rings. The zero-order chi connectivity index (χ0) is 20.8.